The summed E-state index contributed by atoms with van der Waals surface area (Å²) in [6.07, 6.45) is -7.99. The van der Waals surface area contributed by atoms with Crippen LogP contribution in [0.25, 0.3) is 0 Å². The van der Waals surface area contributed by atoms with Crippen LogP contribution in [-0.2, 0) is 9.47 Å². The fourth-order valence-corrected chi connectivity index (χ4v) is 4.16. The molecular weight excluding hydrogens is 348 g/mol. The molecule has 1 heterocycles. The van der Waals surface area contributed by atoms with Crippen LogP contribution in [0.3, 0.4) is 0 Å². The Morgan fingerprint density at radius 1 is 0.923 bits per heavy atom. The van der Waals surface area contributed by atoms with Gasteiger partial charge in [-0.1, -0.05) is 13.8 Å². The summed E-state index contributed by atoms with van der Waals surface area (Å²) in [6.45, 7) is 2.57. The predicted octanol–water partition coefficient (Wildman–Crippen LogP) is -2.57. The zero-order valence-corrected chi connectivity index (χ0v) is 15.1. The van der Waals surface area contributed by atoms with Gasteiger partial charge in [-0.2, -0.15) is 0 Å². The maximum atomic E-state index is 10.7. The SMILES string of the molecule is CC(C)C1C(CO)OC(OC2C(O)C(O)[C@H](O)C[C@H]2CO)C(CO)C1O. The van der Waals surface area contributed by atoms with Crippen molar-refractivity contribution < 1.29 is 45.2 Å². The van der Waals surface area contributed by atoms with Crippen LogP contribution in [0.2, 0.25) is 0 Å². The lowest BCUT2D eigenvalue weighted by atomic mass is 9.77. The third-order valence-corrected chi connectivity index (χ3v) is 5.70. The Hall–Kier alpha value is -0.360. The molecule has 1 aliphatic heterocycles. The van der Waals surface area contributed by atoms with E-state index in [-0.39, 0.29) is 25.6 Å². The van der Waals surface area contributed by atoms with E-state index in [0.29, 0.717) is 0 Å². The maximum absolute atomic E-state index is 10.7. The van der Waals surface area contributed by atoms with E-state index in [4.69, 9.17) is 9.47 Å². The average molecular weight is 380 g/mol. The number of rotatable bonds is 6. The van der Waals surface area contributed by atoms with Gasteiger partial charge in [0, 0.05) is 18.4 Å². The molecule has 2 aliphatic rings. The normalized spacial score (nSPS) is 47.3. The van der Waals surface area contributed by atoms with Crippen LogP contribution in [0, 0.1) is 23.7 Å². The molecule has 0 bridgehead atoms. The molecular formula is C17H32O9. The van der Waals surface area contributed by atoms with Gasteiger partial charge in [-0.05, 0) is 12.3 Å². The molecule has 0 aromatic carbocycles. The molecule has 2 rings (SSSR count). The van der Waals surface area contributed by atoms with Gasteiger partial charge in [0.05, 0.1) is 43.5 Å². The molecule has 154 valence electrons. The van der Waals surface area contributed by atoms with Crippen molar-refractivity contribution in [1.82, 2.24) is 0 Å². The lowest BCUT2D eigenvalue weighted by Gasteiger charge is -2.48. The molecule has 8 unspecified atom stereocenters. The highest BCUT2D eigenvalue weighted by Crippen LogP contribution is 2.38. The third kappa shape index (κ3) is 4.21. The second-order valence-electron chi connectivity index (χ2n) is 7.71. The molecule has 0 radical (unpaired) electrons. The predicted molar refractivity (Wildman–Crippen MR) is 88.7 cm³/mol. The fourth-order valence-electron chi connectivity index (χ4n) is 4.16. The van der Waals surface area contributed by atoms with Gasteiger partial charge >= 0.3 is 0 Å². The molecule has 0 amide bonds. The zero-order chi connectivity index (χ0) is 19.6. The number of hydrogen-bond donors (Lipinski definition) is 7. The van der Waals surface area contributed by atoms with E-state index < -0.39 is 67.3 Å². The van der Waals surface area contributed by atoms with Crippen molar-refractivity contribution in [2.45, 2.75) is 63.2 Å². The maximum Gasteiger partial charge on any atom is 0.166 e. The minimum absolute atomic E-state index is 0.0143. The minimum atomic E-state index is -1.47. The van der Waals surface area contributed by atoms with Crippen molar-refractivity contribution in [3.63, 3.8) is 0 Å². The largest absolute Gasteiger partial charge is 0.396 e. The molecule has 2 fully saturated rings. The van der Waals surface area contributed by atoms with E-state index >= 15 is 0 Å². The van der Waals surface area contributed by atoms with Gasteiger partial charge in [0.1, 0.15) is 12.2 Å². The first kappa shape index (κ1) is 21.9. The monoisotopic (exact) mass is 380 g/mol. The molecule has 10 atom stereocenters. The molecule has 1 saturated carbocycles. The molecule has 0 aromatic heterocycles. The molecule has 0 aromatic rings. The summed E-state index contributed by atoms with van der Waals surface area (Å²) in [4.78, 5) is 0. The van der Waals surface area contributed by atoms with E-state index in [9.17, 15) is 35.7 Å². The van der Waals surface area contributed by atoms with E-state index in [1.165, 1.54) is 0 Å². The van der Waals surface area contributed by atoms with Crippen molar-refractivity contribution in [3.8, 4) is 0 Å². The molecule has 1 aliphatic carbocycles. The van der Waals surface area contributed by atoms with Crippen LogP contribution in [-0.4, -0.2) is 98.5 Å². The summed E-state index contributed by atoms with van der Waals surface area (Å²) in [5.41, 5.74) is 0. The second-order valence-corrected chi connectivity index (χ2v) is 7.71. The second kappa shape index (κ2) is 9.22. The highest BCUT2D eigenvalue weighted by atomic mass is 16.7. The first-order valence-corrected chi connectivity index (χ1v) is 9.12. The van der Waals surface area contributed by atoms with E-state index in [0.717, 1.165) is 0 Å². The fraction of sp³-hybridized carbons (Fsp3) is 1.00. The Labute approximate surface area is 152 Å². The third-order valence-electron chi connectivity index (χ3n) is 5.70. The van der Waals surface area contributed by atoms with Gasteiger partial charge in [-0.3, -0.25) is 0 Å². The Morgan fingerprint density at radius 3 is 2.08 bits per heavy atom. The Balaban J connectivity index is 2.20. The molecule has 26 heavy (non-hydrogen) atoms. The topological polar surface area (TPSA) is 160 Å². The van der Waals surface area contributed by atoms with Crippen molar-refractivity contribution in [2.24, 2.45) is 23.7 Å². The summed E-state index contributed by atoms with van der Waals surface area (Å²) in [5, 5.41) is 69.5. The van der Waals surface area contributed by atoms with Gasteiger partial charge in [0.2, 0.25) is 0 Å². The number of aliphatic hydroxyl groups is 7. The van der Waals surface area contributed by atoms with Crippen LogP contribution in [0.1, 0.15) is 20.3 Å². The van der Waals surface area contributed by atoms with Crippen LogP contribution >= 0.6 is 0 Å². The van der Waals surface area contributed by atoms with Gasteiger partial charge in [-0.15, -0.1) is 0 Å². The summed E-state index contributed by atoms with van der Waals surface area (Å²) in [6, 6.07) is 0. The highest BCUT2D eigenvalue weighted by Gasteiger charge is 2.50. The molecule has 7 N–H and O–H groups in total. The minimum Gasteiger partial charge on any atom is -0.396 e. The number of ether oxygens (including phenoxy) is 2. The lowest BCUT2D eigenvalue weighted by molar-refractivity contribution is -0.318. The highest BCUT2D eigenvalue weighted by molar-refractivity contribution is 4.96. The standard InChI is InChI=1S/C17H32O9/c1-7(2)12-11(6-20)25-17(9(5-19)13(12)22)26-16-8(4-18)3-10(21)14(23)15(16)24/h7-24H,3-6H2,1-2H3/t8-,9?,10+,11?,12?,13?,14?,15?,16?,17?/m0/s1. The van der Waals surface area contributed by atoms with Crippen LogP contribution in [0.5, 0.6) is 0 Å². The molecule has 1 saturated heterocycles. The van der Waals surface area contributed by atoms with E-state index in [2.05, 4.69) is 0 Å². The van der Waals surface area contributed by atoms with Crippen molar-refractivity contribution in [3.05, 3.63) is 0 Å². The van der Waals surface area contributed by atoms with Gasteiger partial charge < -0.3 is 45.2 Å². The molecule has 9 nitrogen and oxygen atoms in total. The first-order chi connectivity index (χ1) is 12.3. The Kier molecular flexibility index (Phi) is 7.78. The van der Waals surface area contributed by atoms with Crippen molar-refractivity contribution >= 4 is 0 Å². The summed E-state index contributed by atoms with van der Waals surface area (Å²) in [7, 11) is 0. The van der Waals surface area contributed by atoms with Gasteiger partial charge in [0.15, 0.2) is 6.29 Å². The summed E-state index contributed by atoms with van der Waals surface area (Å²) in [5.74, 6) is -1.89. The van der Waals surface area contributed by atoms with Gasteiger partial charge in [0.25, 0.3) is 0 Å². The average Bonchev–Trinajstić information content (AvgIpc) is 2.61. The first-order valence-electron chi connectivity index (χ1n) is 9.12. The Bertz CT molecular complexity index is 432. The zero-order valence-electron chi connectivity index (χ0n) is 15.1. The summed E-state index contributed by atoms with van der Waals surface area (Å²) < 4.78 is 11.5. The van der Waals surface area contributed by atoms with Gasteiger partial charge in [-0.25, -0.2) is 0 Å². The van der Waals surface area contributed by atoms with Crippen LogP contribution < -0.4 is 0 Å². The summed E-state index contributed by atoms with van der Waals surface area (Å²) >= 11 is 0. The smallest absolute Gasteiger partial charge is 0.166 e. The molecule has 0 spiro atoms. The Morgan fingerprint density at radius 2 is 1.58 bits per heavy atom. The number of aliphatic hydroxyl groups excluding tert-OH is 7. The van der Waals surface area contributed by atoms with Crippen LogP contribution in [0.4, 0.5) is 0 Å². The quantitative estimate of drug-likeness (QED) is 0.263. The van der Waals surface area contributed by atoms with E-state index in [1.54, 1.807) is 0 Å². The van der Waals surface area contributed by atoms with Crippen molar-refractivity contribution in [2.75, 3.05) is 19.8 Å². The number of hydrogen-bond acceptors (Lipinski definition) is 9. The van der Waals surface area contributed by atoms with E-state index in [1.807, 2.05) is 13.8 Å². The lowest BCUT2D eigenvalue weighted by Crippen LogP contribution is -2.60. The van der Waals surface area contributed by atoms with Crippen molar-refractivity contribution in [1.29, 1.82) is 0 Å². The molecule has 9 heteroatoms. The van der Waals surface area contributed by atoms with Crippen LogP contribution in [0.15, 0.2) is 0 Å².